The largest absolute Gasteiger partial charge is 0.478 e. The van der Waals surface area contributed by atoms with Crippen LogP contribution in [0.1, 0.15) is 54.2 Å². The summed E-state index contributed by atoms with van der Waals surface area (Å²) in [7, 11) is 0. The molecule has 0 fully saturated rings. The molecule has 1 unspecified atom stereocenters. The molecular formula is C15H19NO3. The molecule has 19 heavy (non-hydrogen) atoms. The number of hydrogen-bond donors (Lipinski definition) is 2. The van der Waals surface area contributed by atoms with Crippen molar-refractivity contribution < 1.29 is 14.7 Å². The normalized spacial score (nSPS) is 17.3. The van der Waals surface area contributed by atoms with Gasteiger partial charge < -0.3 is 10.4 Å². The van der Waals surface area contributed by atoms with E-state index >= 15 is 0 Å². The minimum absolute atomic E-state index is 0.0357. The van der Waals surface area contributed by atoms with Crippen LogP contribution < -0.4 is 5.32 Å². The fourth-order valence-corrected chi connectivity index (χ4v) is 2.51. The van der Waals surface area contributed by atoms with Crippen LogP contribution in [0, 0.1) is 5.92 Å². The van der Waals surface area contributed by atoms with E-state index in [0.717, 1.165) is 24.0 Å². The number of aryl methyl sites for hydroxylation is 1. The third-order valence-corrected chi connectivity index (χ3v) is 3.40. The summed E-state index contributed by atoms with van der Waals surface area (Å²) < 4.78 is 0. The average molecular weight is 261 g/mol. The Bertz CT molecular complexity index is 508. The minimum Gasteiger partial charge on any atom is -0.478 e. The molecule has 1 amide bonds. The summed E-state index contributed by atoms with van der Waals surface area (Å²) >= 11 is 0. The lowest BCUT2D eigenvalue weighted by Crippen LogP contribution is -2.28. The Hall–Kier alpha value is -1.84. The molecule has 2 rings (SSSR count). The van der Waals surface area contributed by atoms with Gasteiger partial charge in [0.1, 0.15) is 0 Å². The van der Waals surface area contributed by atoms with E-state index in [4.69, 9.17) is 5.11 Å². The summed E-state index contributed by atoms with van der Waals surface area (Å²) in [5, 5.41) is 12.0. The van der Waals surface area contributed by atoms with Crippen LogP contribution in [0.4, 0.5) is 0 Å². The highest BCUT2D eigenvalue weighted by molar-refractivity contribution is 5.88. The average Bonchev–Trinajstić information content (AvgIpc) is 2.70. The summed E-state index contributed by atoms with van der Waals surface area (Å²) in [5.41, 5.74) is 2.38. The molecule has 4 heteroatoms. The molecule has 0 saturated heterocycles. The Labute approximate surface area is 112 Å². The molecule has 0 aliphatic heterocycles. The molecule has 1 aromatic rings. The summed E-state index contributed by atoms with van der Waals surface area (Å²) in [5.74, 6) is -0.568. The van der Waals surface area contributed by atoms with Crippen molar-refractivity contribution >= 4 is 11.9 Å². The van der Waals surface area contributed by atoms with Gasteiger partial charge in [-0.3, -0.25) is 4.79 Å². The number of carboxylic acids is 1. The maximum absolute atomic E-state index is 11.8. The van der Waals surface area contributed by atoms with Crippen LogP contribution in [-0.4, -0.2) is 17.0 Å². The Kier molecular flexibility index (Phi) is 3.88. The first-order valence-corrected chi connectivity index (χ1v) is 6.63. The number of carboxylic acid groups (broad SMARTS) is 1. The standard InChI is InChI=1S/C15H19NO3/c1-9(2)7-14(17)16-13-6-5-10-3-4-11(15(18)19)8-12(10)13/h3-4,8-9,13H,5-7H2,1-2H3,(H,16,17)(H,18,19). The maximum atomic E-state index is 11.8. The lowest BCUT2D eigenvalue weighted by atomic mass is 10.0. The van der Waals surface area contributed by atoms with Crippen molar-refractivity contribution in [2.24, 2.45) is 5.92 Å². The van der Waals surface area contributed by atoms with Gasteiger partial charge in [-0.15, -0.1) is 0 Å². The number of aromatic carboxylic acids is 1. The second-order valence-corrected chi connectivity index (χ2v) is 5.48. The number of rotatable bonds is 4. The Morgan fingerprint density at radius 1 is 1.42 bits per heavy atom. The predicted octanol–water partition coefficient (Wildman–Crippen LogP) is 2.53. The molecule has 0 aromatic heterocycles. The van der Waals surface area contributed by atoms with Gasteiger partial charge in [-0.25, -0.2) is 4.79 Å². The van der Waals surface area contributed by atoms with E-state index in [-0.39, 0.29) is 17.5 Å². The van der Waals surface area contributed by atoms with Gasteiger partial charge in [0.05, 0.1) is 11.6 Å². The van der Waals surface area contributed by atoms with Crippen LogP contribution in [0.3, 0.4) is 0 Å². The highest BCUT2D eigenvalue weighted by Gasteiger charge is 2.25. The number of amides is 1. The van der Waals surface area contributed by atoms with E-state index in [2.05, 4.69) is 5.32 Å². The van der Waals surface area contributed by atoms with Gasteiger partial charge in [-0.1, -0.05) is 19.9 Å². The third kappa shape index (κ3) is 3.13. The number of carbonyl (C=O) groups is 2. The number of hydrogen-bond acceptors (Lipinski definition) is 2. The monoisotopic (exact) mass is 261 g/mol. The molecule has 0 spiro atoms. The third-order valence-electron chi connectivity index (χ3n) is 3.40. The summed E-state index contributed by atoms with van der Waals surface area (Å²) in [6.45, 7) is 4.01. The van der Waals surface area contributed by atoms with Gasteiger partial charge in [-0.05, 0) is 42.0 Å². The van der Waals surface area contributed by atoms with Crippen LogP contribution in [0.2, 0.25) is 0 Å². The molecule has 4 nitrogen and oxygen atoms in total. The molecule has 0 saturated carbocycles. The van der Waals surface area contributed by atoms with Gasteiger partial charge in [0, 0.05) is 6.42 Å². The zero-order valence-corrected chi connectivity index (χ0v) is 11.3. The molecule has 1 atom stereocenters. The van der Waals surface area contributed by atoms with E-state index in [0.29, 0.717) is 12.3 Å². The van der Waals surface area contributed by atoms with Gasteiger partial charge >= 0.3 is 5.97 Å². The van der Waals surface area contributed by atoms with Crippen LogP contribution in [-0.2, 0) is 11.2 Å². The van der Waals surface area contributed by atoms with E-state index < -0.39 is 5.97 Å². The number of fused-ring (bicyclic) bond motifs is 1. The van der Waals surface area contributed by atoms with Gasteiger partial charge in [0.25, 0.3) is 0 Å². The molecule has 0 bridgehead atoms. The molecule has 0 radical (unpaired) electrons. The van der Waals surface area contributed by atoms with Crippen molar-refractivity contribution in [3.63, 3.8) is 0 Å². The lowest BCUT2D eigenvalue weighted by Gasteiger charge is -2.15. The summed E-state index contributed by atoms with van der Waals surface area (Å²) in [6, 6.07) is 5.12. The zero-order valence-electron chi connectivity index (χ0n) is 11.3. The van der Waals surface area contributed by atoms with Crippen LogP contribution in [0.25, 0.3) is 0 Å². The number of benzene rings is 1. The summed E-state index contributed by atoms with van der Waals surface area (Å²) in [6.07, 6.45) is 2.24. The molecule has 1 aliphatic rings. The molecule has 1 aromatic carbocycles. The molecule has 1 aliphatic carbocycles. The predicted molar refractivity (Wildman–Crippen MR) is 72.1 cm³/mol. The Morgan fingerprint density at radius 2 is 2.16 bits per heavy atom. The van der Waals surface area contributed by atoms with Crippen LogP contribution >= 0.6 is 0 Å². The number of carbonyl (C=O) groups excluding carboxylic acids is 1. The van der Waals surface area contributed by atoms with E-state index in [1.807, 2.05) is 19.9 Å². The summed E-state index contributed by atoms with van der Waals surface area (Å²) in [4.78, 5) is 22.8. The van der Waals surface area contributed by atoms with Gasteiger partial charge in [0.2, 0.25) is 5.91 Å². The van der Waals surface area contributed by atoms with E-state index in [1.165, 1.54) is 0 Å². The van der Waals surface area contributed by atoms with E-state index in [9.17, 15) is 9.59 Å². The maximum Gasteiger partial charge on any atom is 0.335 e. The highest BCUT2D eigenvalue weighted by atomic mass is 16.4. The first kappa shape index (κ1) is 13.6. The SMILES string of the molecule is CC(C)CC(=O)NC1CCc2ccc(C(=O)O)cc21. The topological polar surface area (TPSA) is 66.4 Å². The first-order chi connectivity index (χ1) is 8.97. The second-order valence-electron chi connectivity index (χ2n) is 5.48. The second kappa shape index (κ2) is 5.43. The Balaban J connectivity index is 2.14. The van der Waals surface area contributed by atoms with Crippen molar-refractivity contribution in [1.82, 2.24) is 5.32 Å². The highest BCUT2D eigenvalue weighted by Crippen LogP contribution is 2.32. The lowest BCUT2D eigenvalue weighted by molar-refractivity contribution is -0.122. The van der Waals surface area contributed by atoms with Gasteiger partial charge in [0.15, 0.2) is 0 Å². The minimum atomic E-state index is -0.929. The molecule has 102 valence electrons. The van der Waals surface area contributed by atoms with Crippen molar-refractivity contribution in [3.05, 3.63) is 34.9 Å². The van der Waals surface area contributed by atoms with Crippen molar-refractivity contribution in [1.29, 1.82) is 0 Å². The van der Waals surface area contributed by atoms with Crippen molar-refractivity contribution in [2.45, 2.75) is 39.2 Å². The molecule has 0 heterocycles. The quantitative estimate of drug-likeness (QED) is 0.875. The Morgan fingerprint density at radius 3 is 2.79 bits per heavy atom. The first-order valence-electron chi connectivity index (χ1n) is 6.63. The van der Waals surface area contributed by atoms with E-state index in [1.54, 1.807) is 12.1 Å². The zero-order chi connectivity index (χ0) is 14.0. The van der Waals surface area contributed by atoms with Crippen molar-refractivity contribution in [3.8, 4) is 0 Å². The van der Waals surface area contributed by atoms with Crippen molar-refractivity contribution in [2.75, 3.05) is 0 Å². The van der Waals surface area contributed by atoms with Crippen LogP contribution in [0.15, 0.2) is 18.2 Å². The fraction of sp³-hybridized carbons (Fsp3) is 0.467. The number of nitrogens with one attached hydrogen (secondary N) is 1. The van der Waals surface area contributed by atoms with Gasteiger partial charge in [-0.2, -0.15) is 0 Å². The molecular weight excluding hydrogens is 242 g/mol. The smallest absolute Gasteiger partial charge is 0.335 e. The fourth-order valence-electron chi connectivity index (χ4n) is 2.51. The molecule has 2 N–H and O–H groups in total. The van der Waals surface area contributed by atoms with Crippen LogP contribution in [0.5, 0.6) is 0 Å².